The molecule has 2 aromatic carbocycles. The number of ether oxygens (including phenoxy) is 1. The molecule has 1 aromatic heterocycles. The van der Waals surface area contributed by atoms with E-state index < -0.39 is 11.8 Å². The quantitative estimate of drug-likeness (QED) is 0.516. The van der Waals surface area contributed by atoms with E-state index in [0.29, 0.717) is 22.4 Å². The van der Waals surface area contributed by atoms with E-state index in [1.165, 1.54) is 24.9 Å². The van der Waals surface area contributed by atoms with Crippen molar-refractivity contribution < 1.29 is 18.3 Å². The summed E-state index contributed by atoms with van der Waals surface area (Å²) in [5.74, 6) is -0.277. The number of aromatic nitrogens is 2. The molecule has 24 heavy (non-hydrogen) atoms. The average molecular weight is 344 g/mol. The summed E-state index contributed by atoms with van der Waals surface area (Å²) in [6.07, 6.45) is 0. The SMILES string of the molecule is COC(=O)c1cc(F)ccc1CSc1nnc(-c2ccccc2)o1. The molecule has 3 aromatic rings. The molecule has 0 fully saturated rings. The van der Waals surface area contributed by atoms with Gasteiger partial charge in [-0.25, -0.2) is 9.18 Å². The van der Waals surface area contributed by atoms with Crippen molar-refractivity contribution in [2.45, 2.75) is 11.0 Å². The monoisotopic (exact) mass is 344 g/mol. The standard InChI is InChI=1S/C17H13FN2O3S/c1-22-16(21)14-9-13(18)8-7-12(14)10-24-17-20-19-15(23-17)11-5-3-2-4-6-11/h2-9H,10H2,1H3. The third-order valence-electron chi connectivity index (χ3n) is 3.26. The number of methoxy groups -OCH3 is 1. The molecule has 1 heterocycles. The second-order valence-corrected chi connectivity index (χ2v) is 5.75. The molecule has 5 nitrogen and oxygen atoms in total. The molecular weight excluding hydrogens is 331 g/mol. The highest BCUT2D eigenvalue weighted by molar-refractivity contribution is 7.98. The topological polar surface area (TPSA) is 65.2 Å². The largest absolute Gasteiger partial charge is 0.465 e. The summed E-state index contributed by atoms with van der Waals surface area (Å²) in [6.45, 7) is 0. The third kappa shape index (κ3) is 3.62. The molecule has 122 valence electrons. The smallest absolute Gasteiger partial charge is 0.338 e. The van der Waals surface area contributed by atoms with Crippen LogP contribution in [0.15, 0.2) is 58.2 Å². The first-order valence-corrected chi connectivity index (χ1v) is 8.04. The fraction of sp³-hybridized carbons (Fsp3) is 0.118. The maximum Gasteiger partial charge on any atom is 0.338 e. The van der Waals surface area contributed by atoms with Gasteiger partial charge in [0.1, 0.15) is 5.82 Å². The van der Waals surface area contributed by atoms with Crippen LogP contribution in [-0.2, 0) is 10.5 Å². The summed E-state index contributed by atoms with van der Waals surface area (Å²) in [4.78, 5) is 11.7. The van der Waals surface area contributed by atoms with E-state index in [1.807, 2.05) is 30.3 Å². The number of esters is 1. The van der Waals surface area contributed by atoms with Crippen LogP contribution in [0.2, 0.25) is 0 Å². The summed E-state index contributed by atoms with van der Waals surface area (Å²) >= 11 is 1.27. The van der Waals surface area contributed by atoms with Crippen molar-refractivity contribution in [2.24, 2.45) is 0 Å². The first-order valence-electron chi connectivity index (χ1n) is 7.06. The Balaban J connectivity index is 1.75. The van der Waals surface area contributed by atoms with Crippen molar-refractivity contribution in [3.05, 3.63) is 65.5 Å². The zero-order valence-corrected chi connectivity index (χ0v) is 13.5. The number of halogens is 1. The molecule has 0 radical (unpaired) electrons. The molecule has 0 aliphatic carbocycles. The number of benzene rings is 2. The Hall–Kier alpha value is -2.67. The summed E-state index contributed by atoms with van der Waals surface area (Å²) < 4.78 is 23.6. The zero-order chi connectivity index (χ0) is 16.9. The number of thioether (sulfide) groups is 1. The van der Waals surface area contributed by atoms with Gasteiger partial charge in [0, 0.05) is 11.3 Å². The lowest BCUT2D eigenvalue weighted by Crippen LogP contribution is -2.05. The van der Waals surface area contributed by atoms with Gasteiger partial charge in [-0.2, -0.15) is 0 Å². The van der Waals surface area contributed by atoms with E-state index in [1.54, 1.807) is 6.07 Å². The summed E-state index contributed by atoms with van der Waals surface area (Å²) in [7, 11) is 1.26. The Kier molecular flexibility index (Phi) is 4.90. The van der Waals surface area contributed by atoms with Crippen LogP contribution >= 0.6 is 11.8 Å². The number of carbonyl (C=O) groups excluding carboxylic acids is 1. The van der Waals surface area contributed by atoms with Crippen molar-refractivity contribution in [1.82, 2.24) is 10.2 Å². The third-order valence-corrected chi connectivity index (χ3v) is 4.12. The number of carbonyl (C=O) groups is 1. The van der Waals surface area contributed by atoms with E-state index >= 15 is 0 Å². The minimum absolute atomic E-state index is 0.188. The normalized spacial score (nSPS) is 10.6. The number of rotatable bonds is 5. The van der Waals surface area contributed by atoms with Gasteiger partial charge in [-0.05, 0) is 29.8 Å². The lowest BCUT2D eigenvalue weighted by atomic mass is 10.1. The fourth-order valence-corrected chi connectivity index (χ4v) is 2.85. The molecule has 0 saturated carbocycles. The molecule has 0 spiro atoms. The van der Waals surface area contributed by atoms with Gasteiger partial charge in [0.25, 0.3) is 5.22 Å². The Bertz CT molecular complexity index is 852. The van der Waals surface area contributed by atoms with Crippen LogP contribution in [0.3, 0.4) is 0 Å². The van der Waals surface area contributed by atoms with E-state index in [2.05, 4.69) is 14.9 Å². The predicted octanol–water partition coefficient (Wildman–Crippen LogP) is 3.95. The Morgan fingerprint density at radius 3 is 2.75 bits per heavy atom. The highest BCUT2D eigenvalue weighted by Crippen LogP contribution is 2.27. The van der Waals surface area contributed by atoms with E-state index in [9.17, 15) is 9.18 Å². The van der Waals surface area contributed by atoms with E-state index in [-0.39, 0.29) is 5.56 Å². The molecule has 0 bridgehead atoms. The van der Waals surface area contributed by atoms with Crippen molar-refractivity contribution in [3.8, 4) is 11.5 Å². The number of nitrogens with zero attached hydrogens (tertiary/aromatic N) is 2. The van der Waals surface area contributed by atoms with Gasteiger partial charge in [0.2, 0.25) is 5.89 Å². The maximum atomic E-state index is 13.3. The van der Waals surface area contributed by atoms with Crippen LogP contribution in [0, 0.1) is 5.82 Å². The summed E-state index contributed by atoms with van der Waals surface area (Å²) in [6, 6.07) is 13.4. The van der Waals surface area contributed by atoms with Gasteiger partial charge in [0.15, 0.2) is 0 Å². The molecule has 0 aliphatic rings. The molecule has 0 amide bonds. The van der Waals surface area contributed by atoms with Crippen molar-refractivity contribution in [3.63, 3.8) is 0 Å². The number of hydrogen-bond acceptors (Lipinski definition) is 6. The van der Waals surface area contributed by atoms with E-state index in [0.717, 1.165) is 11.6 Å². The molecule has 0 saturated heterocycles. The first kappa shape index (κ1) is 16.2. The predicted molar refractivity (Wildman–Crippen MR) is 87.0 cm³/mol. The molecule has 3 rings (SSSR count). The minimum atomic E-state index is -0.583. The summed E-state index contributed by atoms with van der Waals surface area (Å²) in [5, 5.41) is 8.34. The Morgan fingerprint density at radius 1 is 1.21 bits per heavy atom. The van der Waals surface area contributed by atoms with Crippen molar-refractivity contribution >= 4 is 17.7 Å². The molecule has 0 atom stereocenters. The molecule has 0 aliphatic heterocycles. The second kappa shape index (κ2) is 7.27. The molecule has 0 N–H and O–H groups in total. The lowest BCUT2D eigenvalue weighted by molar-refractivity contribution is 0.0599. The van der Waals surface area contributed by atoms with Gasteiger partial charge in [-0.3, -0.25) is 0 Å². The average Bonchev–Trinajstić information content (AvgIpc) is 3.09. The molecular formula is C17H13FN2O3S. The van der Waals surface area contributed by atoms with Gasteiger partial charge in [-0.1, -0.05) is 36.0 Å². The molecule has 0 unspecified atom stereocenters. The van der Waals surface area contributed by atoms with Crippen LogP contribution in [0.4, 0.5) is 4.39 Å². The van der Waals surface area contributed by atoms with Crippen molar-refractivity contribution in [1.29, 1.82) is 0 Å². The van der Waals surface area contributed by atoms with Crippen LogP contribution in [-0.4, -0.2) is 23.3 Å². The van der Waals surface area contributed by atoms with Crippen LogP contribution in [0.5, 0.6) is 0 Å². The van der Waals surface area contributed by atoms with Gasteiger partial charge < -0.3 is 9.15 Å². The van der Waals surface area contributed by atoms with Crippen molar-refractivity contribution in [2.75, 3.05) is 7.11 Å². The van der Waals surface area contributed by atoms with Crippen LogP contribution in [0.25, 0.3) is 11.5 Å². The lowest BCUT2D eigenvalue weighted by Gasteiger charge is -2.06. The van der Waals surface area contributed by atoms with Gasteiger partial charge >= 0.3 is 5.97 Å². The fourth-order valence-electron chi connectivity index (χ4n) is 2.08. The highest BCUT2D eigenvalue weighted by atomic mass is 32.2. The first-order chi connectivity index (χ1) is 11.7. The van der Waals surface area contributed by atoms with Crippen LogP contribution in [0.1, 0.15) is 15.9 Å². The maximum absolute atomic E-state index is 13.3. The Morgan fingerprint density at radius 2 is 2.00 bits per heavy atom. The van der Waals surface area contributed by atoms with Gasteiger partial charge in [0.05, 0.1) is 12.7 Å². The van der Waals surface area contributed by atoms with Crippen LogP contribution < -0.4 is 0 Å². The van der Waals surface area contributed by atoms with E-state index in [4.69, 9.17) is 4.42 Å². The number of hydrogen-bond donors (Lipinski definition) is 0. The minimum Gasteiger partial charge on any atom is -0.465 e. The highest BCUT2D eigenvalue weighted by Gasteiger charge is 2.15. The Labute approximate surface area is 141 Å². The summed E-state index contributed by atoms with van der Waals surface area (Å²) in [5.41, 5.74) is 1.65. The second-order valence-electron chi connectivity index (χ2n) is 4.82. The zero-order valence-electron chi connectivity index (χ0n) is 12.7. The molecule has 7 heteroatoms. The van der Waals surface area contributed by atoms with Gasteiger partial charge in [-0.15, -0.1) is 10.2 Å².